The van der Waals surface area contributed by atoms with Crippen LogP contribution in [0.4, 0.5) is 0 Å². The van der Waals surface area contributed by atoms with Gasteiger partial charge in [0.25, 0.3) is 0 Å². The average molecular weight is 235 g/mol. The van der Waals surface area contributed by atoms with Crippen LogP contribution >= 0.6 is 0 Å². The van der Waals surface area contributed by atoms with Gasteiger partial charge in [0.15, 0.2) is 0 Å². The Morgan fingerprint density at radius 2 is 1.12 bits per heavy atom. The Hall–Kier alpha value is -0.200. The molecular weight excluding hydrogens is 210 g/mol. The van der Waals surface area contributed by atoms with Crippen LogP contribution in [0.3, 0.4) is 0 Å². The van der Waals surface area contributed by atoms with Crippen LogP contribution < -0.4 is 5.73 Å². The summed E-state index contributed by atoms with van der Waals surface area (Å²) in [5.41, 5.74) is 5.32. The summed E-state index contributed by atoms with van der Waals surface area (Å²) in [6.07, 6.45) is 0.903. The highest BCUT2D eigenvalue weighted by Crippen LogP contribution is 1.83. The van der Waals surface area contributed by atoms with Crippen LogP contribution in [0.2, 0.25) is 0 Å². The predicted molar refractivity (Wildman–Crippen MR) is 62.6 cm³/mol. The van der Waals surface area contributed by atoms with E-state index in [2.05, 4.69) is 0 Å². The van der Waals surface area contributed by atoms with Crippen molar-refractivity contribution in [1.29, 1.82) is 0 Å². The molecule has 0 aromatic carbocycles. The van der Waals surface area contributed by atoms with Gasteiger partial charge in [0.05, 0.1) is 39.6 Å². The van der Waals surface area contributed by atoms with Gasteiger partial charge in [-0.25, -0.2) is 0 Å². The normalized spacial score (nSPS) is 10.9. The molecule has 0 radical (unpaired) electrons. The lowest BCUT2D eigenvalue weighted by molar-refractivity contribution is -0.000530. The summed E-state index contributed by atoms with van der Waals surface area (Å²) in [4.78, 5) is 0. The molecule has 0 fully saturated rings. The third-order valence-corrected chi connectivity index (χ3v) is 1.81. The quantitative estimate of drug-likeness (QED) is 0.469. The number of hydrogen-bond acceptors (Lipinski definition) is 5. The second-order valence-corrected chi connectivity index (χ2v) is 3.18. The van der Waals surface area contributed by atoms with E-state index in [4.69, 9.17) is 24.7 Å². The zero-order valence-corrected chi connectivity index (χ0v) is 10.3. The highest BCUT2D eigenvalue weighted by atomic mass is 16.6. The summed E-state index contributed by atoms with van der Waals surface area (Å²) in [5, 5.41) is 0. The number of hydrogen-bond donors (Lipinski definition) is 1. The second kappa shape index (κ2) is 14.8. The molecule has 0 aromatic heterocycles. The molecular formula is C11H25NO4. The van der Waals surface area contributed by atoms with E-state index in [1.807, 2.05) is 6.92 Å². The molecule has 0 unspecified atom stereocenters. The van der Waals surface area contributed by atoms with Gasteiger partial charge in [0.2, 0.25) is 0 Å². The molecule has 5 nitrogen and oxygen atoms in total. The van der Waals surface area contributed by atoms with Crippen molar-refractivity contribution in [2.75, 3.05) is 59.4 Å². The zero-order valence-electron chi connectivity index (χ0n) is 10.3. The minimum absolute atomic E-state index is 0.604. The van der Waals surface area contributed by atoms with Gasteiger partial charge in [-0.05, 0) is 19.9 Å². The summed E-state index contributed by atoms with van der Waals surface area (Å²) < 4.78 is 21.0. The van der Waals surface area contributed by atoms with Crippen molar-refractivity contribution in [3.8, 4) is 0 Å². The van der Waals surface area contributed by atoms with Crippen molar-refractivity contribution in [1.82, 2.24) is 0 Å². The Kier molecular flexibility index (Phi) is 14.6. The second-order valence-electron chi connectivity index (χ2n) is 3.18. The first-order valence-corrected chi connectivity index (χ1v) is 5.92. The maximum atomic E-state index is 5.32. The van der Waals surface area contributed by atoms with Crippen LogP contribution in [0.1, 0.15) is 13.3 Å². The van der Waals surface area contributed by atoms with Crippen LogP contribution in [0.15, 0.2) is 0 Å². The molecule has 0 spiro atoms. The maximum Gasteiger partial charge on any atom is 0.0701 e. The molecule has 0 saturated carbocycles. The fourth-order valence-electron chi connectivity index (χ4n) is 0.989. The zero-order chi connectivity index (χ0) is 11.9. The van der Waals surface area contributed by atoms with Crippen LogP contribution in [-0.4, -0.2) is 59.4 Å². The van der Waals surface area contributed by atoms with Gasteiger partial charge < -0.3 is 24.7 Å². The summed E-state index contributed by atoms with van der Waals surface area (Å²) in [6, 6.07) is 0. The Labute approximate surface area is 98.2 Å². The first kappa shape index (κ1) is 15.8. The fourth-order valence-corrected chi connectivity index (χ4v) is 0.989. The van der Waals surface area contributed by atoms with Crippen molar-refractivity contribution < 1.29 is 18.9 Å². The van der Waals surface area contributed by atoms with Gasteiger partial charge in [-0.3, -0.25) is 0 Å². The van der Waals surface area contributed by atoms with Crippen molar-refractivity contribution in [3.63, 3.8) is 0 Å². The van der Waals surface area contributed by atoms with Crippen molar-refractivity contribution >= 4 is 0 Å². The van der Waals surface area contributed by atoms with Crippen LogP contribution in [0, 0.1) is 0 Å². The molecule has 0 rings (SSSR count). The Morgan fingerprint density at radius 1 is 0.688 bits per heavy atom. The van der Waals surface area contributed by atoms with Crippen molar-refractivity contribution in [2.45, 2.75) is 13.3 Å². The van der Waals surface area contributed by atoms with E-state index in [1.165, 1.54) is 0 Å². The van der Waals surface area contributed by atoms with Gasteiger partial charge in [-0.15, -0.1) is 0 Å². The number of nitrogens with two attached hydrogens (primary N) is 1. The van der Waals surface area contributed by atoms with E-state index < -0.39 is 0 Å². The van der Waals surface area contributed by atoms with Gasteiger partial charge in [-0.2, -0.15) is 0 Å². The molecule has 98 valence electrons. The fraction of sp³-hybridized carbons (Fsp3) is 1.00. The smallest absolute Gasteiger partial charge is 0.0701 e. The minimum atomic E-state index is 0.604. The summed E-state index contributed by atoms with van der Waals surface area (Å²) in [5.74, 6) is 0. The van der Waals surface area contributed by atoms with E-state index in [0.29, 0.717) is 52.8 Å². The maximum absolute atomic E-state index is 5.32. The van der Waals surface area contributed by atoms with Crippen LogP contribution in [-0.2, 0) is 18.9 Å². The molecule has 5 heteroatoms. The highest BCUT2D eigenvalue weighted by Gasteiger charge is 1.91. The molecule has 0 amide bonds. The Bertz CT molecular complexity index is 111. The molecule has 2 N–H and O–H groups in total. The molecule has 0 bridgehead atoms. The summed E-state index contributed by atoms with van der Waals surface area (Å²) in [7, 11) is 0. The lowest BCUT2D eigenvalue weighted by atomic mass is 10.5. The summed E-state index contributed by atoms with van der Waals surface area (Å²) >= 11 is 0. The molecule has 16 heavy (non-hydrogen) atoms. The molecule has 0 aliphatic heterocycles. The molecule has 0 aromatic rings. The topological polar surface area (TPSA) is 62.9 Å². The first-order chi connectivity index (χ1) is 7.91. The largest absolute Gasteiger partial charge is 0.379 e. The molecule has 0 aliphatic rings. The molecule has 0 atom stereocenters. The summed E-state index contributed by atoms with van der Waals surface area (Å²) in [6.45, 7) is 7.82. The van der Waals surface area contributed by atoms with Gasteiger partial charge in [0.1, 0.15) is 0 Å². The van der Waals surface area contributed by atoms with Gasteiger partial charge in [-0.1, -0.05) is 0 Å². The predicted octanol–water partition coefficient (Wildman–Crippen LogP) is 0.422. The first-order valence-electron chi connectivity index (χ1n) is 5.92. The minimum Gasteiger partial charge on any atom is -0.379 e. The monoisotopic (exact) mass is 235 g/mol. The standard InChI is InChI=1S/C11H25NO4/c1-2-13-6-7-15-10-11-16-9-8-14-5-3-4-12/h2-12H2,1H3. The van der Waals surface area contributed by atoms with E-state index in [1.54, 1.807) is 0 Å². The third-order valence-electron chi connectivity index (χ3n) is 1.81. The van der Waals surface area contributed by atoms with Crippen LogP contribution in [0.25, 0.3) is 0 Å². The highest BCUT2D eigenvalue weighted by molar-refractivity contribution is 4.37. The van der Waals surface area contributed by atoms with E-state index in [9.17, 15) is 0 Å². The van der Waals surface area contributed by atoms with Crippen molar-refractivity contribution in [2.24, 2.45) is 5.73 Å². The lowest BCUT2D eigenvalue weighted by Gasteiger charge is -2.06. The lowest BCUT2D eigenvalue weighted by Crippen LogP contribution is -2.12. The van der Waals surface area contributed by atoms with E-state index in [-0.39, 0.29) is 0 Å². The number of rotatable bonds is 13. The van der Waals surface area contributed by atoms with Gasteiger partial charge >= 0.3 is 0 Å². The molecule has 0 aliphatic carbocycles. The average Bonchev–Trinajstić information content (AvgIpc) is 2.31. The number of ether oxygens (including phenoxy) is 4. The molecule has 0 saturated heterocycles. The van der Waals surface area contributed by atoms with Crippen LogP contribution in [0.5, 0.6) is 0 Å². The van der Waals surface area contributed by atoms with E-state index >= 15 is 0 Å². The van der Waals surface area contributed by atoms with Crippen molar-refractivity contribution in [3.05, 3.63) is 0 Å². The Balaban J connectivity index is 2.83. The van der Waals surface area contributed by atoms with E-state index in [0.717, 1.165) is 13.0 Å². The van der Waals surface area contributed by atoms with Gasteiger partial charge in [0, 0.05) is 13.2 Å². The molecule has 0 heterocycles. The SMILES string of the molecule is CCOCCOCCOCCOCCCN. The third kappa shape index (κ3) is 13.8. The Morgan fingerprint density at radius 3 is 1.56 bits per heavy atom.